The van der Waals surface area contributed by atoms with Crippen molar-refractivity contribution < 1.29 is 13.9 Å². The molecule has 0 saturated heterocycles. The highest BCUT2D eigenvalue weighted by molar-refractivity contribution is 5.79. The Hall–Kier alpha value is -3.08. The highest BCUT2D eigenvalue weighted by Crippen LogP contribution is 2.21. The molecule has 0 saturated carbocycles. The lowest BCUT2D eigenvalue weighted by Gasteiger charge is -2.10. The van der Waals surface area contributed by atoms with Crippen molar-refractivity contribution in [1.82, 2.24) is 10.3 Å². The summed E-state index contributed by atoms with van der Waals surface area (Å²) in [5, 5.41) is 2.92. The summed E-state index contributed by atoms with van der Waals surface area (Å²) in [6, 6.07) is 14.9. The van der Waals surface area contributed by atoms with Crippen LogP contribution in [-0.2, 0) is 17.8 Å². The summed E-state index contributed by atoms with van der Waals surface area (Å²) in [6.45, 7) is 0.387. The number of carbonyl (C=O) groups is 1. The van der Waals surface area contributed by atoms with E-state index in [-0.39, 0.29) is 12.3 Å². The summed E-state index contributed by atoms with van der Waals surface area (Å²) in [5.74, 6) is 1.32. The molecule has 122 valence electrons. The number of carbonyl (C=O) groups excluding carboxylic acids is 1. The van der Waals surface area contributed by atoms with Crippen LogP contribution in [0, 0.1) is 0 Å². The van der Waals surface area contributed by atoms with Gasteiger partial charge in [-0.15, -0.1) is 0 Å². The molecule has 0 aliphatic heterocycles. The van der Waals surface area contributed by atoms with Crippen LogP contribution in [0.15, 0.2) is 65.4 Å². The Morgan fingerprint density at radius 2 is 1.96 bits per heavy atom. The molecule has 3 aromatic rings. The first-order chi connectivity index (χ1) is 11.8. The summed E-state index contributed by atoms with van der Waals surface area (Å²) in [5.41, 5.74) is 2.50. The van der Waals surface area contributed by atoms with Gasteiger partial charge < -0.3 is 14.5 Å². The number of ether oxygens (including phenoxy) is 1. The lowest BCUT2D eigenvalue weighted by molar-refractivity contribution is -0.120. The summed E-state index contributed by atoms with van der Waals surface area (Å²) in [7, 11) is 1.60. The molecule has 2 heterocycles. The number of hydrogen-bond acceptors (Lipinski definition) is 4. The number of aromatic nitrogens is 1. The summed E-state index contributed by atoms with van der Waals surface area (Å²) < 4.78 is 10.7. The topological polar surface area (TPSA) is 64.4 Å². The second-order valence-electron chi connectivity index (χ2n) is 5.25. The molecular weight excluding hydrogens is 304 g/mol. The lowest BCUT2D eigenvalue weighted by Crippen LogP contribution is -2.25. The first-order valence-electron chi connectivity index (χ1n) is 7.64. The first-order valence-corrected chi connectivity index (χ1v) is 7.64. The van der Waals surface area contributed by atoms with Gasteiger partial charge in [0.05, 0.1) is 19.8 Å². The molecule has 1 N–H and O–H groups in total. The normalized spacial score (nSPS) is 10.4. The highest BCUT2D eigenvalue weighted by atomic mass is 16.5. The maximum absolute atomic E-state index is 12.2. The van der Waals surface area contributed by atoms with Crippen LogP contribution in [0.1, 0.15) is 11.1 Å². The fraction of sp³-hybridized carbons (Fsp3) is 0.158. The summed E-state index contributed by atoms with van der Waals surface area (Å²) in [6.07, 6.45) is 3.58. The van der Waals surface area contributed by atoms with Gasteiger partial charge in [0.15, 0.2) is 5.76 Å². The molecule has 0 spiro atoms. The number of benzene rings is 1. The number of rotatable bonds is 6. The molecule has 0 aliphatic carbocycles. The van der Waals surface area contributed by atoms with E-state index >= 15 is 0 Å². The number of nitrogens with zero attached hydrogens (tertiary/aromatic N) is 1. The number of methoxy groups -OCH3 is 1. The smallest absolute Gasteiger partial charge is 0.224 e. The van der Waals surface area contributed by atoms with Crippen LogP contribution in [0.3, 0.4) is 0 Å². The molecule has 0 radical (unpaired) electrons. The lowest BCUT2D eigenvalue weighted by atomic mass is 10.1. The van der Waals surface area contributed by atoms with Crippen molar-refractivity contribution in [2.75, 3.05) is 7.11 Å². The number of amides is 1. The first kappa shape index (κ1) is 15.8. The molecule has 24 heavy (non-hydrogen) atoms. The average Bonchev–Trinajstić information content (AvgIpc) is 3.15. The average molecular weight is 322 g/mol. The number of para-hydroxylation sites is 1. The number of hydrogen-bond donors (Lipinski definition) is 1. The Kier molecular flexibility index (Phi) is 4.91. The van der Waals surface area contributed by atoms with Crippen LogP contribution in [0.2, 0.25) is 0 Å². The molecule has 0 bridgehead atoms. The van der Waals surface area contributed by atoms with Crippen LogP contribution in [0.4, 0.5) is 0 Å². The van der Waals surface area contributed by atoms with E-state index in [9.17, 15) is 4.79 Å². The van der Waals surface area contributed by atoms with Gasteiger partial charge in [-0.3, -0.25) is 9.78 Å². The molecule has 1 amide bonds. The van der Waals surface area contributed by atoms with Gasteiger partial charge in [0.25, 0.3) is 0 Å². The third-order valence-corrected chi connectivity index (χ3v) is 3.67. The van der Waals surface area contributed by atoms with Crippen LogP contribution >= 0.6 is 0 Å². The second kappa shape index (κ2) is 7.46. The van der Waals surface area contributed by atoms with E-state index in [1.54, 1.807) is 19.6 Å². The second-order valence-corrected chi connectivity index (χ2v) is 5.25. The maximum Gasteiger partial charge on any atom is 0.224 e. The van der Waals surface area contributed by atoms with Crippen molar-refractivity contribution >= 4 is 5.91 Å². The predicted molar refractivity (Wildman–Crippen MR) is 90.5 cm³/mol. The molecule has 3 rings (SSSR count). The van der Waals surface area contributed by atoms with E-state index < -0.39 is 0 Å². The Morgan fingerprint density at radius 1 is 1.12 bits per heavy atom. The van der Waals surface area contributed by atoms with Gasteiger partial charge in [-0.1, -0.05) is 24.3 Å². The fourth-order valence-corrected chi connectivity index (χ4v) is 2.49. The van der Waals surface area contributed by atoms with Crippen LogP contribution in [0.5, 0.6) is 5.75 Å². The van der Waals surface area contributed by atoms with Gasteiger partial charge in [-0.05, 0) is 24.3 Å². The zero-order valence-corrected chi connectivity index (χ0v) is 13.4. The van der Waals surface area contributed by atoms with E-state index in [0.717, 1.165) is 16.8 Å². The third-order valence-electron chi connectivity index (χ3n) is 3.67. The van der Waals surface area contributed by atoms with Crippen LogP contribution in [-0.4, -0.2) is 18.0 Å². The third kappa shape index (κ3) is 3.63. The molecular formula is C19H18N2O3. The molecule has 2 aromatic heterocycles. The van der Waals surface area contributed by atoms with Gasteiger partial charge >= 0.3 is 0 Å². The Balaban J connectivity index is 1.67. The van der Waals surface area contributed by atoms with Crippen LogP contribution in [0.25, 0.3) is 11.5 Å². The Labute approximate surface area is 140 Å². The molecule has 0 fully saturated rings. The highest BCUT2D eigenvalue weighted by Gasteiger charge is 2.11. The molecule has 0 atom stereocenters. The van der Waals surface area contributed by atoms with Crippen molar-refractivity contribution in [3.8, 4) is 17.2 Å². The largest absolute Gasteiger partial charge is 0.496 e. The van der Waals surface area contributed by atoms with Gasteiger partial charge in [0, 0.05) is 23.9 Å². The minimum Gasteiger partial charge on any atom is -0.496 e. The van der Waals surface area contributed by atoms with Crippen molar-refractivity contribution in [1.29, 1.82) is 0 Å². The fourth-order valence-electron chi connectivity index (χ4n) is 2.49. The van der Waals surface area contributed by atoms with Gasteiger partial charge in [-0.25, -0.2) is 0 Å². The van der Waals surface area contributed by atoms with E-state index in [1.807, 2.05) is 48.5 Å². The molecule has 0 unspecified atom stereocenters. The monoisotopic (exact) mass is 322 g/mol. The molecule has 5 nitrogen and oxygen atoms in total. The standard InChI is InChI=1S/C19H18N2O3/c1-23-16-8-3-2-6-14(16)12-18(22)21-13-15-7-4-10-20-19(15)17-9-5-11-24-17/h2-11H,12-13H2,1H3,(H,21,22). The quantitative estimate of drug-likeness (QED) is 0.757. The minimum atomic E-state index is -0.0752. The number of furan rings is 1. The van der Waals surface area contributed by atoms with E-state index in [0.29, 0.717) is 18.1 Å². The summed E-state index contributed by atoms with van der Waals surface area (Å²) >= 11 is 0. The number of nitrogens with one attached hydrogen (secondary N) is 1. The Morgan fingerprint density at radius 3 is 2.75 bits per heavy atom. The SMILES string of the molecule is COc1ccccc1CC(=O)NCc1cccnc1-c1ccco1. The molecule has 5 heteroatoms. The zero-order chi connectivity index (χ0) is 16.8. The maximum atomic E-state index is 12.2. The van der Waals surface area contributed by atoms with Gasteiger partial charge in [0.1, 0.15) is 11.4 Å². The van der Waals surface area contributed by atoms with Gasteiger partial charge in [-0.2, -0.15) is 0 Å². The zero-order valence-electron chi connectivity index (χ0n) is 13.4. The van der Waals surface area contributed by atoms with E-state index in [2.05, 4.69) is 10.3 Å². The van der Waals surface area contributed by atoms with Crippen molar-refractivity contribution in [3.63, 3.8) is 0 Å². The predicted octanol–water partition coefficient (Wildman–Crippen LogP) is 3.21. The van der Waals surface area contributed by atoms with E-state index in [4.69, 9.17) is 9.15 Å². The summed E-state index contributed by atoms with van der Waals surface area (Å²) in [4.78, 5) is 16.6. The Bertz CT molecular complexity index is 813. The van der Waals surface area contributed by atoms with Crippen molar-refractivity contribution in [2.24, 2.45) is 0 Å². The van der Waals surface area contributed by atoms with Crippen molar-refractivity contribution in [3.05, 3.63) is 72.1 Å². The van der Waals surface area contributed by atoms with E-state index in [1.165, 1.54) is 0 Å². The van der Waals surface area contributed by atoms with Crippen molar-refractivity contribution in [2.45, 2.75) is 13.0 Å². The van der Waals surface area contributed by atoms with Crippen LogP contribution < -0.4 is 10.1 Å². The minimum absolute atomic E-state index is 0.0752. The molecule has 0 aliphatic rings. The van der Waals surface area contributed by atoms with Gasteiger partial charge in [0.2, 0.25) is 5.91 Å². The number of pyridine rings is 1. The molecule has 1 aromatic carbocycles.